The first-order valence-corrected chi connectivity index (χ1v) is 11.3. The molecule has 0 radical (unpaired) electrons. The fourth-order valence-corrected chi connectivity index (χ4v) is 3.91. The molecule has 1 N–H and O–H groups in total. The quantitative estimate of drug-likeness (QED) is 0.274. The summed E-state index contributed by atoms with van der Waals surface area (Å²) in [5.74, 6) is -0.442. The van der Waals surface area contributed by atoms with Gasteiger partial charge in [-0.15, -0.1) is 0 Å². The van der Waals surface area contributed by atoms with Crippen LogP contribution in [0.25, 0.3) is 22.6 Å². The van der Waals surface area contributed by atoms with Gasteiger partial charge in [-0.2, -0.15) is 10.2 Å². The molecule has 2 heterocycles. The fourth-order valence-electron chi connectivity index (χ4n) is 3.91. The molecule has 182 valence electrons. The lowest BCUT2D eigenvalue weighted by Crippen LogP contribution is -2.27. The van der Waals surface area contributed by atoms with E-state index in [4.69, 9.17) is 0 Å². The normalized spacial score (nSPS) is 10.7. The molecular formula is C27H20N6O4. The van der Waals surface area contributed by atoms with Crippen molar-refractivity contribution in [3.8, 4) is 22.6 Å². The molecule has 0 fully saturated rings. The van der Waals surface area contributed by atoms with Gasteiger partial charge >= 0.3 is 0 Å². The third kappa shape index (κ3) is 4.63. The van der Waals surface area contributed by atoms with Crippen molar-refractivity contribution in [2.24, 2.45) is 0 Å². The predicted octanol–water partition coefficient (Wildman–Crippen LogP) is 4.55. The molecule has 0 aliphatic heterocycles. The fraction of sp³-hybridized carbons (Fsp3) is 0.0370. The number of rotatable bonds is 6. The molecule has 37 heavy (non-hydrogen) atoms. The van der Waals surface area contributed by atoms with E-state index in [9.17, 15) is 19.7 Å². The number of benzene rings is 3. The summed E-state index contributed by atoms with van der Waals surface area (Å²) in [7, 11) is 0. The van der Waals surface area contributed by atoms with E-state index in [1.807, 2.05) is 60.7 Å². The lowest BCUT2D eigenvalue weighted by atomic mass is 10.1. The van der Waals surface area contributed by atoms with Crippen LogP contribution in [0.4, 0.5) is 11.5 Å². The SMILES string of the molecule is Cc1cc(=O)c(C(=O)Nc2cc(-c3ccccc3)nn2-c2ccccc2)nn1-c1ccccc1[N+](=O)[O-]. The van der Waals surface area contributed by atoms with Gasteiger partial charge in [0.1, 0.15) is 11.5 Å². The molecule has 0 aliphatic rings. The first-order chi connectivity index (χ1) is 17.9. The average molecular weight is 492 g/mol. The number of nitrogens with zero attached hydrogens (tertiary/aromatic N) is 5. The van der Waals surface area contributed by atoms with Gasteiger partial charge in [0, 0.05) is 29.5 Å². The maximum Gasteiger partial charge on any atom is 0.294 e. The van der Waals surface area contributed by atoms with Crippen LogP contribution >= 0.6 is 0 Å². The van der Waals surface area contributed by atoms with Crippen LogP contribution < -0.4 is 10.7 Å². The summed E-state index contributed by atoms with van der Waals surface area (Å²) >= 11 is 0. The predicted molar refractivity (Wildman–Crippen MR) is 138 cm³/mol. The van der Waals surface area contributed by atoms with Crippen LogP contribution in [0, 0.1) is 17.0 Å². The lowest BCUT2D eigenvalue weighted by Gasteiger charge is -2.12. The first-order valence-electron chi connectivity index (χ1n) is 11.3. The molecule has 0 atom stereocenters. The van der Waals surface area contributed by atoms with Gasteiger partial charge in [-0.3, -0.25) is 19.7 Å². The van der Waals surface area contributed by atoms with Crippen LogP contribution in [0.1, 0.15) is 16.2 Å². The van der Waals surface area contributed by atoms with Gasteiger partial charge in [0.15, 0.2) is 5.69 Å². The lowest BCUT2D eigenvalue weighted by molar-refractivity contribution is -0.384. The largest absolute Gasteiger partial charge is 0.305 e. The van der Waals surface area contributed by atoms with E-state index >= 15 is 0 Å². The second-order valence-corrected chi connectivity index (χ2v) is 8.14. The monoisotopic (exact) mass is 492 g/mol. The van der Waals surface area contributed by atoms with Gasteiger partial charge in [-0.05, 0) is 25.1 Å². The smallest absolute Gasteiger partial charge is 0.294 e. The summed E-state index contributed by atoms with van der Waals surface area (Å²) in [6.07, 6.45) is 0. The number of nitro benzene ring substituents is 1. The summed E-state index contributed by atoms with van der Waals surface area (Å²) in [5.41, 5.74) is 1.42. The van der Waals surface area contributed by atoms with E-state index < -0.39 is 22.0 Å². The van der Waals surface area contributed by atoms with Crippen molar-refractivity contribution in [1.29, 1.82) is 0 Å². The Bertz CT molecular complexity index is 1680. The third-order valence-corrected chi connectivity index (χ3v) is 5.65. The van der Waals surface area contributed by atoms with E-state index in [-0.39, 0.29) is 11.4 Å². The zero-order chi connectivity index (χ0) is 25.9. The van der Waals surface area contributed by atoms with Gasteiger partial charge < -0.3 is 5.32 Å². The Balaban J connectivity index is 1.57. The molecule has 10 nitrogen and oxygen atoms in total. The van der Waals surface area contributed by atoms with Crippen LogP contribution in [0.15, 0.2) is 102 Å². The molecule has 5 aromatic rings. The van der Waals surface area contributed by atoms with Gasteiger partial charge in [-0.1, -0.05) is 60.7 Å². The molecular weight excluding hydrogens is 472 g/mol. The second-order valence-electron chi connectivity index (χ2n) is 8.14. The Hall–Kier alpha value is -5.38. The highest BCUT2D eigenvalue weighted by molar-refractivity contribution is 6.02. The molecule has 0 aliphatic carbocycles. The summed E-state index contributed by atoms with van der Waals surface area (Å²) in [4.78, 5) is 37.1. The highest BCUT2D eigenvalue weighted by atomic mass is 16.6. The van der Waals surface area contributed by atoms with Gasteiger partial charge in [-0.25, -0.2) is 9.36 Å². The number of aryl methyl sites for hydroxylation is 1. The molecule has 0 saturated heterocycles. The standard InChI is InChI=1S/C27H20N6O4/c1-18-16-24(34)26(30-31(18)22-14-8-9-15-23(22)33(36)37)27(35)28-25-17-21(19-10-4-2-5-11-19)29-32(25)20-12-6-3-7-13-20/h2-17H,1H3,(H,28,35). The molecule has 0 spiro atoms. The number of nitrogens with one attached hydrogen (secondary N) is 1. The first kappa shape index (κ1) is 23.4. The number of para-hydroxylation sites is 3. The van der Waals surface area contributed by atoms with Crippen molar-refractivity contribution in [1.82, 2.24) is 19.6 Å². The van der Waals surface area contributed by atoms with Crippen molar-refractivity contribution < 1.29 is 9.72 Å². The highest BCUT2D eigenvalue weighted by Crippen LogP contribution is 2.25. The molecule has 0 unspecified atom stereocenters. The Morgan fingerprint density at radius 3 is 2.22 bits per heavy atom. The molecule has 1 amide bonds. The number of aromatic nitrogens is 4. The van der Waals surface area contributed by atoms with E-state index in [1.54, 1.807) is 23.7 Å². The van der Waals surface area contributed by atoms with Crippen molar-refractivity contribution in [3.05, 3.63) is 129 Å². The molecule has 0 bridgehead atoms. The number of nitro groups is 1. The van der Waals surface area contributed by atoms with Crippen molar-refractivity contribution in [3.63, 3.8) is 0 Å². The van der Waals surface area contributed by atoms with E-state index in [1.165, 1.54) is 28.9 Å². The maximum absolute atomic E-state index is 13.3. The average Bonchev–Trinajstić information content (AvgIpc) is 3.33. The number of hydrogen-bond donors (Lipinski definition) is 1. The van der Waals surface area contributed by atoms with Crippen LogP contribution in [0.3, 0.4) is 0 Å². The minimum Gasteiger partial charge on any atom is -0.305 e. The van der Waals surface area contributed by atoms with E-state index in [2.05, 4.69) is 15.5 Å². The zero-order valence-corrected chi connectivity index (χ0v) is 19.6. The molecule has 0 saturated carbocycles. The number of anilines is 1. The van der Waals surface area contributed by atoms with E-state index in [0.29, 0.717) is 22.9 Å². The van der Waals surface area contributed by atoms with Gasteiger partial charge in [0.25, 0.3) is 11.6 Å². The summed E-state index contributed by atoms with van der Waals surface area (Å²) in [6, 6.07) is 27.6. The summed E-state index contributed by atoms with van der Waals surface area (Å²) in [6.45, 7) is 1.59. The summed E-state index contributed by atoms with van der Waals surface area (Å²) in [5, 5.41) is 23.1. The van der Waals surface area contributed by atoms with E-state index in [0.717, 1.165) is 5.56 Å². The Morgan fingerprint density at radius 2 is 1.51 bits per heavy atom. The minimum atomic E-state index is -0.769. The van der Waals surface area contributed by atoms with Crippen LogP contribution in [-0.4, -0.2) is 30.4 Å². The molecule has 3 aromatic carbocycles. The highest BCUT2D eigenvalue weighted by Gasteiger charge is 2.22. The molecule has 10 heteroatoms. The second kappa shape index (κ2) is 9.70. The van der Waals surface area contributed by atoms with Crippen molar-refractivity contribution in [2.45, 2.75) is 6.92 Å². The zero-order valence-electron chi connectivity index (χ0n) is 19.6. The van der Waals surface area contributed by atoms with Crippen LogP contribution in [0.2, 0.25) is 0 Å². The van der Waals surface area contributed by atoms with Crippen molar-refractivity contribution in [2.75, 3.05) is 5.32 Å². The Morgan fingerprint density at radius 1 is 0.865 bits per heavy atom. The summed E-state index contributed by atoms with van der Waals surface area (Å²) < 4.78 is 2.79. The van der Waals surface area contributed by atoms with Gasteiger partial charge in [0.2, 0.25) is 5.43 Å². The third-order valence-electron chi connectivity index (χ3n) is 5.65. The molecule has 5 rings (SSSR count). The Kier molecular flexibility index (Phi) is 6.13. The van der Waals surface area contributed by atoms with Crippen LogP contribution in [0.5, 0.6) is 0 Å². The number of hydrogen-bond acceptors (Lipinski definition) is 6. The van der Waals surface area contributed by atoms with Crippen molar-refractivity contribution >= 4 is 17.4 Å². The maximum atomic E-state index is 13.3. The topological polar surface area (TPSA) is 125 Å². The molecule has 2 aromatic heterocycles. The number of carbonyl (C=O) groups is 1. The van der Waals surface area contributed by atoms with Gasteiger partial charge in [0.05, 0.1) is 16.3 Å². The minimum absolute atomic E-state index is 0.139. The van der Waals surface area contributed by atoms with Crippen LogP contribution in [-0.2, 0) is 0 Å². The number of amides is 1. The number of carbonyl (C=O) groups excluding carboxylic acids is 1. The Labute approximate surface area is 210 Å².